The third-order valence-electron chi connectivity index (χ3n) is 2.22. The van der Waals surface area contributed by atoms with Crippen LogP contribution in [-0.2, 0) is 0 Å². The van der Waals surface area contributed by atoms with Crippen molar-refractivity contribution in [2.24, 2.45) is 0 Å². The van der Waals surface area contributed by atoms with Crippen LogP contribution in [0.25, 0.3) is 6.08 Å². The minimum absolute atomic E-state index is 0.826. The van der Waals surface area contributed by atoms with Gasteiger partial charge in [-0.1, -0.05) is 37.6 Å². The topological polar surface area (TPSA) is 26.0 Å². The fourth-order valence-electron chi connectivity index (χ4n) is 1.28. The zero-order valence-electron chi connectivity index (χ0n) is 8.38. The highest BCUT2D eigenvalue weighted by atomic mass is 14.5. The highest BCUT2D eigenvalue weighted by molar-refractivity contribution is 5.55. The first kappa shape index (κ1) is 9.85. The first-order valence-corrected chi connectivity index (χ1v) is 4.81. The van der Waals surface area contributed by atoms with Gasteiger partial charge in [0.2, 0.25) is 0 Å². The molecule has 0 amide bonds. The Morgan fingerprint density at radius 2 is 1.69 bits per heavy atom. The van der Waals surface area contributed by atoms with Gasteiger partial charge in [0.25, 0.3) is 0 Å². The Hall–Kier alpha value is -1.24. The number of hydrogen-bond donors (Lipinski definition) is 1. The van der Waals surface area contributed by atoms with Gasteiger partial charge in [-0.05, 0) is 30.5 Å². The van der Waals surface area contributed by atoms with Crippen molar-refractivity contribution in [1.82, 2.24) is 0 Å². The molecule has 13 heavy (non-hydrogen) atoms. The predicted molar refractivity (Wildman–Crippen MR) is 59.4 cm³/mol. The maximum atomic E-state index is 5.60. The Morgan fingerprint density at radius 1 is 1.15 bits per heavy atom. The second-order valence-corrected chi connectivity index (χ2v) is 3.18. The van der Waals surface area contributed by atoms with Crippen molar-refractivity contribution in [2.75, 3.05) is 5.73 Å². The number of nitrogens with two attached hydrogens (primary N) is 1. The number of anilines is 1. The average molecular weight is 175 g/mol. The fourth-order valence-corrected chi connectivity index (χ4v) is 1.28. The van der Waals surface area contributed by atoms with Gasteiger partial charge in [0.1, 0.15) is 0 Å². The van der Waals surface area contributed by atoms with Crippen LogP contribution in [-0.4, -0.2) is 0 Å². The Morgan fingerprint density at radius 3 is 2.15 bits per heavy atom. The van der Waals surface area contributed by atoms with Crippen molar-refractivity contribution >= 4 is 11.8 Å². The van der Waals surface area contributed by atoms with Gasteiger partial charge in [-0.2, -0.15) is 0 Å². The van der Waals surface area contributed by atoms with Gasteiger partial charge in [0, 0.05) is 5.69 Å². The second-order valence-electron chi connectivity index (χ2n) is 3.18. The molecule has 1 heteroatoms. The molecule has 1 rings (SSSR count). The lowest BCUT2D eigenvalue weighted by Gasteiger charge is -2.00. The second kappa shape index (κ2) is 4.70. The highest BCUT2D eigenvalue weighted by Crippen LogP contribution is 2.13. The lowest BCUT2D eigenvalue weighted by Crippen LogP contribution is -1.84. The predicted octanol–water partition coefficient (Wildman–Crippen LogP) is 3.47. The highest BCUT2D eigenvalue weighted by Gasteiger charge is 1.91. The van der Waals surface area contributed by atoms with E-state index in [9.17, 15) is 0 Å². The summed E-state index contributed by atoms with van der Waals surface area (Å²) in [7, 11) is 0. The first-order chi connectivity index (χ1) is 6.26. The number of benzene rings is 1. The van der Waals surface area contributed by atoms with Crippen LogP contribution in [0, 0.1) is 0 Å². The van der Waals surface area contributed by atoms with Crippen molar-refractivity contribution in [3.63, 3.8) is 0 Å². The summed E-state index contributed by atoms with van der Waals surface area (Å²) >= 11 is 0. The Bertz CT molecular complexity index is 276. The van der Waals surface area contributed by atoms with Gasteiger partial charge in [0.05, 0.1) is 0 Å². The summed E-state index contributed by atoms with van der Waals surface area (Å²) in [5.41, 5.74) is 9.15. The minimum atomic E-state index is 0.826. The number of nitrogen functional groups attached to an aromatic ring is 1. The molecule has 0 spiro atoms. The van der Waals surface area contributed by atoms with Gasteiger partial charge >= 0.3 is 0 Å². The van der Waals surface area contributed by atoms with E-state index in [2.05, 4.69) is 32.1 Å². The summed E-state index contributed by atoms with van der Waals surface area (Å²) in [4.78, 5) is 0. The van der Waals surface area contributed by atoms with E-state index in [1.165, 1.54) is 11.1 Å². The van der Waals surface area contributed by atoms with Crippen LogP contribution < -0.4 is 5.73 Å². The monoisotopic (exact) mass is 175 g/mol. The Balaban J connectivity index is 2.84. The molecule has 0 atom stereocenters. The normalized spacial score (nSPS) is 9.69. The smallest absolute Gasteiger partial charge is 0.0314 e. The van der Waals surface area contributed by atoms with E-state index in [0.717, 1.165) is 18.5 Å². The zero-order chi connectivity index (χ0) is 9.68. The maximum Gasteiger partial charge on any atom is 0.0314 e. The van der Waals surface area contributed by atoms with Crippen LogP contribution in [0.4, 0.5) is 5.69 Å². The zero-order valence-corrected chi connectivity index (χ0v) is 8.38. The van der Waals surface area contributed by atoms with Crippen LogP contribution in [0.1, 0.15) is 32.3 Å². The van der Waals surface area contributed by atoms with Crippen LogP contribution in [0.5, 0.6) is 0 Å². The molecule has 70 valence electrons. The van der Waals surface area contributed by atoms with E-state index in [0.29, 0.717) is 0 Å². The number of rotatable bonds is 3. The minimum Gasteiger partial charge on any atom is -0.399 e. The molecule has 0 saturated carbocycles. The van der Waals surface area contributed by atoms with Crippen molar-refractivity contribution in [3.8, 4) is 0 Å². The molecule has 1 nitrogen and oxygen atoms in total. The van der Waals surface area contributed by atoms with Crippen LogP contribution in [0.3, 0.4) is 0 Å². The molecule has 1 aromatic carbocycles. The van der Waals surface area contributed by atoms with Gasteiger partial charge in [-0.25, -0.2) is 0 Å². The number of allylic oxidation sites excluding steroid dienone is 1. The van der Waals surface area contributed by atoms with Crippen LogP contribution in [0.2, 0.25) is 0 Å². The summed E-state index contributed by atoms with van der Waals surface area (Å²) in [5, 5.41) is 0. The summed E-state index contributed by atoms with van der Waals surface area (Å²) in [6, 6.07) is 7.99. The average Bonchev–Trinajstić information content (AvgIpc) is 2.17. The molecular weight excluding hydrogens is 158 g/mol. The standard InChI is InChI=1S/C12H17N/c1-3-10(4-2)9-11-5-7-12(13)8-6-11/h5-9H,3-4,13H2,1-2H3. The van der Waals surface area contributed by atoms with E-state index in [4.69, 9.17) is 5.73 Å². The summed E-state index contributed by atoms with van der Waals surface area (Å²) in [6.07, 6.45) is 4.49. The van der Waals surface area contributed by atoms with Crippen molar-refractivity contribution in [1.29, 1.82) is 0 Å². The van der Waals surface area contributed by atoms with E-state index < -0.39 is 0 Å². The Labute approximate surface area is 80.3 Å². The lowest BCUT2D eigenvalue weighted by molar-refractivity contribution is 0.990. The van der Waals surface area contributed by atoms with Crippen molar-refractivity contribution in [3.05, 3.63) is 35.4 Å². The molecule has 1 aromatic rings. The lowest BCUT2D eigenvalue weighted by atomic mass is 10.1. The van der Waals surface area contributed by atoms with E-state index in [1.807, 2.05) is 12.1 Å². The van der Waals surface area contributed by atoms with Gasteiger partial charge in [0.15, 0.2) is 0 Å². The van der Waals surface area contributed by atoms with Gasteiger partial charge in [-0.15, -0.1) is 0 Å². The molecule has 0 aliphatic carbocycles. The molecule has 0 bridgehead atoms. The van der Waals surface area contributed by atoms with Crippen LogP contribution >= 0.6 is 0 Å². The third kappa shape index (κ3) is 2.94. The number of hydrogen-bond acceptors (Lipinski definition) is 1. The molecule has 0 aliphatic heterocycles. The molecule has 0 fully saturated rings. The van der Waals surface area contributed by atoms with Crippen LogP contribution in [0.15, 0.2) is 29.8 Å². The molecule has 0 unspecified atom stereocenters. The molecule has 0 aromatic heterocycles. The molecular formula is C12H17N. The largest absolute Gasteiger partial charge is 0.399 e. The van der Waals surface area contributed by atoms with Crippen molar-refractivity contribution in [2.45, 2.75) is 26.7 Å². The Kier molecular flexibility index (Phi) is 3.56. The van der Waals surface area contributed by atoms with Gasteiger partial charge < -0.3 is 5.73 Å². The van der Waals surface area contributed by atoms with Crippen molar-refractivity contribution < 1.29 is 0 Å². The summed E-state index contributed by atoms with van der Waals surface area (Å²) in [5.74, 6) is 0. The summed E-state index contributed by atoms with van der Waals surface area (Å²) in [6.45, 7) is 4.37. The quantitative estimate of drug-likeness (QED) is 0.699. The fraction of sp³-hybridized carbons (Fsp3) is 0.333. The van der Waals surface area contributed by atoms with E-state index in [-0.39, 0.29) is 0 Å². The van der Waals surface area contributed by atoms with Gasteiger partial charge in [-0.3, -0.25) is 0 Å². The molecule has 0 aliphatic rings. The molecule has 0 saturated heterocycles. The maximum absolute atomic E-state index is 5.60. The van der Waals surface area contributed by atoms with E-state index in [1.54, 1.807) is 0 Å². The molecule has 2 N–H and O–H groups in total. The summed E-state index contributed by atoms with van der Waals surface area (Å²) < 4.78 is 0. The third-order valence-corrected chi connectivity index (χ3v) is 2.22. The first-order valence-electron chi connectivity index (χ1n) is 4.81. The molecule has 0 heterocycles. The SMILES string of the molecule is CCC(=Cc1ccc(N)cc1)CC. The molecule has 0 radical (unpaired) electrons. The van der Waals surface area contributed by atoms with E-state index >= 15 is 0 Å².